The summed E-state index contributed by atoms with van der Waals surface area (Å²) in [5.74, 6) is -0.470. The zero-order valence-electron chi connectivity index (χ0n) is 18.5. The van der Waals surface area contributed by atoms with Crippen molar-refractivity contribution >= 4 is 45.1 Å². The molecule has 3 aromatic carbocycles. The van der Waals surface area contributed by atoms with E-state index in [0.29, 0.717) is 0 Å². The number of hydrazone groups is 1. The van der Waals surface area contributed by atoms with Crippen molar-refractivity contribution in [2.75, 3.05) is 17.5 Å². The van der Waals surface area contributed by atoms with E-state index < -0.39 is 27.4 Å². The van der Waals surface area contributed by atoms with Crippen LogP contribution in [0.2, 0.25) is 5.02 Å². The van der Waals surface area contributed by atoms with Gasteiger partial charge in [0.15, 0.2) is 0 Å². The average molecular weight is 517 g/mol. The molecular weight excluding hydrogens is 496 g/mol. The van der Waals surface area contributed by atoms with Crippen LogP contribution >= 0.6 is 11.6 Å². The van der Waals surface area contributed by atoms with Crippen molar-refractivity contribution in [2.24, 2.45) is 5.10 Å². The van der Waals surface area contributed by atoms with Crippen LogP contribution in [-0.2, 0) is 14.8 Å². The molecular formula is C23H21ClN4O6S. The summed E-state index contributed by atoms with van der Waals surface area (Å²) in [4.78, 5) is 23.1. The lowest BCUT2D eigenvalue weighted by Gasteiger charge is -2.25. The van der Waals surface area contributed by atoms with Crippen LogP contribution in [0.5, 0.6) is 5.75 Å². The van der Waals surface area contributed by atoms with Crippen LogP contribution in [0, 0.1) is 10.1 Å². The Kier molecular flexibility index (Phi) is 8.39. The number of anilines is 1. The first-order chi connectivity index (χ1) is 16.7. The summed E-state index contributed by atoms with van der Waals surface area (Å²) in [5.41, 5.74) is 2.42. The van der Waals surface area contributed by atoms with Crippen molar-refractivity contribution in [3.8, 4) is 5.75 Å². The minimum absolute atomic E-state index is 0.00835. The number of ether oxygens (including phenoxy) is 1. The highest BCUT2D eigenvalue weighted by Gasteiger charge is 2.29. The highest BCUT2D eigenvalue weighted by Crippen LogP contribution is 2.32. The Labute approximate surface area is 207 Å². The fourth-order valence-corrected chi connectivity index (χ4v) is 4.66. The molecule has 0 bridgehead atoms. The second kappa shape index (κ2) is 11.4. The molecule has 0 aromatic heterocycles. The highest BCUT2D eigenvalue weighted by molar-refractivity contribution is 7.92. The predicted molar refractivity (Wildman–Crippen MR) is 132 cm³/mol. The number of para-hydroxylation sites is 2. The number of hydrogen-bond donors (Lipinski definition) is 1. The smallest absolute Gasteiger partial charge is 0.270 e. The number of nitrogens with zero attached hydrogens (tertiary/aromatic N) is 3. The fraction of sp³-hybridized carbons (Fsp3) is 0.130. The quantitative estimate of drug-likeness (QED) is 0.246. The first kappa shape index (κ1) is 25.7. The van der Waals surface area contributed by atoms with Gasteiger partial charge in [0.25, 0.3) is 21.6 Å². The van der Waals surface area contributed by atoms with Gasteiger partial charge in [-0.1, -0.05) is 41.9 Å². The molecule has 0 saturated carbocycles. The minimum Gasteiger partial charge on any atom is -0.492 e. The summed E-state index contributed by atoms with van der Waals surface area (Å²) >= 11 is 6.03. The summed E-state index contributed by atoms with van der Waals surface area (Å²) in [6.07, 6.45) is 1.14. The van der Waals surface area contributed by atoms with E-state index in [1.165, 1.54) is 36.4 Å². The molecule has 1 N–H and O–H groups in total. The van der Waals surface area contributed by atoms with Crippen molar-refractivity contribution in [3.63, 3.8) is 0 Å². The Balaban J connectivity index is 1.89. The molecule has 182 valence electrons. The van der Waals surface area contributed by atoms with Crippen molar-refractivity contribution in [1.82, 2.24) is 5.43 Å². The molecule has 0 aliphatic carbocycles. The van der Waals surface area contributed by atoms with Gasteiger partial charge >= 0.3 is 0 Å². The molecule has 1 amide bonds. The zero-order chi connectivity index (χ0) is 25.4. The van der Waals surface area contributed by atoms with E-state index in [-0.39, 0.29) is 39.2 Å². The van der Waals surface area contributed by atoms with Gasteiger partial charge < -0.3 is 4.74 Å². The Bertz CT molecular complexity index is 1350. The molecule has 0 aliphatic heterocycles. The van der Waals surface area contributed by atoms with E-state index in [9.17, 15) is 23.3 Å². The number of benzene rings is 3. The number of nitro benzene ring substituents is 1. The Morgan fingerprint density at radius 3 is 2.51 bits per heavy atom. The third-order valence-electron chi connectivity index (χ3n) is 4.64. The number of hydrogen-bond acceptors (Lipinski definition) is 7. The lowest BCUT2D eigenvalue weighted by atomic mass is 10.2. The molecule has 35 heavy (non-hydrogen) atoms. The van der Waals surface area contributed by atoms with Gasteiger partial charge in [-0.15, -0.1) is 0 Å². The molecule has 3 rings (SSSR count). The summed E-state index contributed by atoms with van der Waals surface area (Å²) in [7, 11) is -4.14. The summed E-state index contributed by atoms with van der Waals surface area (Å²) < 4.78 is 33.4. The number of carbonyl (C=O) groups is 1. The van der Waals surface area contributed by atoms with Crippen molar-refractivity contribution in [3.05, 3.63) is 93.5 Å². The van der Waals surface area contributed by atoms with Crippen molar-refractivity contribution in [1.29, 1.82) is 0 Å². The van der Waals surface area contributed by atoms with Gasteiger partial charge in [-0.25, -0.2) is 13.8 Å². The normalized spacial score (nSPS) is 11.3. The van der Waals surface area contributed by atoms with E-state index in [2.05, 4.69) is 10.5 Å². The number of amides is 1. The number of sulfonamides is 1. The Morgan fingerprint density at radius 1 is 1.14 bits per heavy atom. The second-order valence-electron chi connectivity index (χ2n) is 6.98. The zero-order valence-corrected chi connectivity index (χ0v) is 20.1. The fourth-order valence-electron chi connectivity index (χ4n) is 3.04. The van der Waals surface area contributed by atoms with Crippen LogP contribution in [-0.4, -0.2) is 38.6 Å². The van der Waals surface area contributed by atoms with E-state index in [4.69, 9.17) is 16.3 Å². The average Bonchev–Trinajstić information content (AvgIpc) is 2.84. The maximum Gasteiger partial charge on any atom is 0.270 e. The van der Waals surface area contributed by atoms with E-state index in [1.54, 1.807) is 43.3 Å². The largest absolute Gasteiger partial charge is 0.492 e. The lowest BCUT2D eigenvalue weighted by Crippen LogP contribution is -2.39. The number of nitrogens with one attached hydrogen (secondary N) is 1. The van der Waals surface area contributed by atoms with Gasteiger partial charge in [0.1, 0.15) is 12.3 Å². The molecule has 0 fully saturated rings. The molecule has 0 radical (unpaired) electrons. The van der Waals surface area contributed by atoms with Gasteiger partial charge in [0.05, 0.1) is 28.3 Å². The monoisotopic (exact) mass is 516 g/mol. The first-order valence-electron chi connectivity index (χ1n) is 10.3. The summed E-state index contributed by atoms with van der Waals surface area (Å²) in [6, 6.07) is 17.9. The number of carbonyl (C=O) groups excluding carboxylic acids is 1. The first-order valence-corrected chi connectivity index (χ1v) is 12.1. The van der Waals surface area contributed by atoms with Crippen LogP contribution in [0.4, 0.5) is 11.4 Å². The topological polar surface area (TPSA) is 131 Å². The predicted octanol–water partition coefficient (Wildman–Crippen LogP) is 3.99. The number of nitro groups is 1. The minimum atomic E-state index is -4.14. The Morgan fingerprint density at radius 2 is 1.83 bits per heavy atom. The maximum atomic E-state index is 13.4. The van der Waals surface area contributed by atoms with Gasteiger partial charge in [-0.3, -0.25) is 19.2 Å². The number of halogens is 1. The Hall–Kier alpha value is -3.96. The van der Waals surface area contributed by atoms with Crippen LogP contribution in [0.3, 0.4) is 0 Å². The third-order valence-corrected chi connectivity index (χ3v) is 6.75. The van der Waals surface area contributed by atoms with Crippen LogP contribution in [0.25, 0.3) is 0 Å². The number of rotatable bonds is 10. The SMILES string of the molecule is CCOc1ccccc1N(CC(=O)N/N=C/c1cc([N+](=O)[O-])ccc1Cl)S(=O)(=O)c1ccccc1. The van der Waals surface area contributed by atoms with Gasteiger partial charge in [0, 0.05) is 22.7 Å². The van der Waals surface area contributed by atoms with Crippen LogP contribution in [0.15, 0.2) is 82.8 Å². The van der Waals surface area contributed by atoms with Crippen molar-refractivity contribution in [2.45, 2.75) is 11.8 Å². The summed E-state index contributed by atoms with van der Waals surface area (Å²) in [5, 5.41) is 14.9. The van der Waals surface area contributed by atoms with E-state index >= 15 is 0 Å². The molecule has 0 saturated heterocycles. The summed E-state index contributed by atoms with van der Waals surface area (Å²) in [6.45, 7) is 1.44. The molecule has 0 heterocycles. The highest BCUT2D eigenvalue weighted by atomic mass is 35.5. The molecule has 12 heteroatoms. The molecule has 0 atom stereocenters. The lowest BCUT2D eigenvalue weighted by molar-refractivity contribution is -0.384. The molecule has 0 spiro atoms. The van der Waals surface area contributed by atoms with E-state index in [1.807, 2.05) is 0 Å². The number of non-ortho nitro benzene ring substituents is 1. The third kappa shape index (κ3) is 6.34. The second-order valence-corrected chi connectivity index (χ2v) is 9.25. The van der Waals surface area contributed by atoms with Gasteiger partial charge in [-0.2, -0.15) is 5.10 Å². The molecule has 0 unspecified atom stereocenters. The molecule has 0 aliphatic rings. The molecule has 3 aromatic rings. The van der Waals surface area contributed by atoms with Crippen molar-refractivity contribution < 1.29 is 22.9 Å². The van der Waals surface area contributed by atoms with Crippen LogP contribution in [0.1, 0.15) is 12.5 Å². The van der Waals surface area contributed by atoms with Crippen LogP contribution < -0.4 is 14.5 Å². The van der Waals surface area contributed by atoms with Gasteiger partial charge in [0.2, 0.25) is 0 Å². The molecule has 10 nitrogen and oxygen atoms in total. The van der Waals surface area contributed by atoms with Gasteiger partial charge in [-0.05, 0) is 37.3 Å². The van der Waals surface area contributed by atoms with E-state index in [0.717, 1.165) is 10.5 Å². The standard InChI is InChI=1S/C23H21ClN4O6S/c1-2-34-22-11-7-6-10-21(22)27(35(32,33)19-8-4-3-5-9-19)16-23(29)26-25-15-17-14-18(28(30)31)12-13-20(17)24/h3-15H,2,16H2,1H3,(H,26,29)/b25-15+. The maximum absolute atomic E-state index is 13.4.